The maximum atomic E-state index is 13.4. The normalized spacial score (nSPS) is 10.2. The summed E-state index contributed by atoms with van der Waals surface area (Å²) in [5.41, 5.74) is 3.13. The third kappa shape index (κ3) is 2.97. The van der Waals surface area contributed by atoms with Crippen molar-refractivity contribution >= 4 is 17.1 Å². The first-order valence-electron chi connectivity index (χ1n) is 5.91. The summed E-state index contributed by atoms with van der Waals surface area (Å²) < 4.78 is 13.4. The van der Waals surface area contributed by atoms with Gasteiger partial charge in [0.25, 0.3) is 0 Å². The van der Waals surface area contributed by atoms with E-state index >= 15 is 0 Å². The number of nitrogens with one attached hydrogen (secondary N) is 2. The summed E-state index contributed by atoms with van der Waals surface area (Å²) in [7, 11) is 0. The maximum Gasteiger partial charge on any atom is 0.128 e. The lowest BCUT2D eigenvalue weighted by Gasteiger charge is -2.09. The molecule has 2 aromatic rings. The second kappa shape index (κ2) is 5.49. The van der Waals surface area contributed by atoms with E-state index in [9.17, 15) is 4.39 Å². The van der Waals surface area contributed by atoms with Crippen molar-refractivity contribution in [3.8, 4) is 0 Å². The molecular formula is C14H16FN3. The molecule has 0 radical (unpaired) electrons. The SMILES string of the molecule is CCNc1cncc(Nc2ccc(C)c(F)c2)c1. The van der Waals surface area contributed by atoms with E-state index in [1.807, 2.05) is 19.1 Å². The largest absolute Gasteiger partial charge is 0.384 e. The number of aromatic nitrogens is 1. The lowest BCUT2D eigenvalue weighted by molar-refractivity contribution is 0.619. The third-order valence-electron chi connectivity index (χ3n) is 2.58. The zero-order chi connectivity index (χ0) is 13.0. The minimum atomic E-state index is -0.212. The van der Waals surface area contributed by atoms with Gasteiger partial charge in [-0.1, -0.05) is 6.07 Å². The quantitative estimate of drug-likeness (QED) is 0.862. The van der Waals surface area contributed by atoms with E-state index in [4.69, 9.17) is 0 Å². The van der Waals surface area contributed by atoms with Crippen molar-refractivity contribution in [2.75, 3.05) is 17.2 Å². The summed E-state index contributed by atoms with van der Waals surface area (Å²) in [5, 5.41) is 6.31. The van der Waals surface area contributed by atoms with E-state index in [2.05, 4.69) is 15.6 Å². The number of pyridine rings is 1. The van der Waals surface area contributed by atoms with E-state index in [-0.39, 0.29) is 5.82 Å². The summed E-state index contributed by atoms with van der Waals surface area (Å²) in [6.07, 6.45) is 3.46. The second-order valence-corrected chi connectivity index (χ2v) is 4.08. The van der Waals surface area contributed by atoms with Crippen molar-refractivity contribution in [1.82, 2.24) is 4.98 Å². The highest BCUT2D eigenvalue weighted by atomic mass is 19.1. The van der Waals surface area contributed by atoms with Crippen molar-refractivity contribution in [1.29, 1.82) is 0 Å². The fourth-order valence-electron chi connectivity index (χ4n) is 1.65. The van der Waals surface area contributed by atoms with Crippen LogP contribution in [0.25, 0.3) is 0 Å². The molecule has 3 nitrogen and oxygen atoms in total. The Morgan fingerprint density at radius 3 is 2.61 bits per heavy atom. The van der Waals surface area contributed by atoms with Crippen LogP contribution in [0.5, 0.6) is 0 Å². The van der Waals surface area contributed by atoms with Crippen LogP contribution in [0.2, 0.25) is 0 Å². The van der Waals surface area contributed by atoms with Gasteiger partial charge in [-0.25, -0.2) is 4.39 Å². The van der Waals surface area contributed by atoms with Gasteiger partial charge in [0.05, 0.1) is 23.8 Å². The molecule has 18 heavy (non-hydrogen) atoms. The molecule has 0 saturated carbocycles. The molecule has 1 aromatic carbocycles. The lowest BCUT2D eigenvalue weighted by Crippen LogP contribution is -1.99. The Kier molecular flexibility index (Phi) is 3.77. The Morgan fingerprint density at radius 1 is 1.11 bits per heavy atom. The number of benzene rings is 1. The van der Waals surface area contributed by atoms with Gasteiger partial charge in [0.1, 0.15) is 5.82 Å². The zero-order valence-electron chi connectivity index (χ0n) is 10.5. The Labute approximate surface area is 106 Å². The molecule has 4 heteroatoms. The van der Waals surface area contributed by atoms with E-state index in [1.54, 1.807) is 25.4 Å². The number of hydrogen-bond acceptors (Lipinski definition) is 3. The molecule has 0 saturated heterocycles. The van der Waals surface area contributed by atoms with Crippen molar-refractivity contribution in [3.05, 3.63) is 48.0 Å². The Bertz CT molecular complexity index is 540. The molecule has 0 fully saturated rings. The number of hydrogen-bond donors (Lipinski definition) is 2. The predicted molar refractivity (Wildman–Crippen MR) is 72.8 cm³/mol. The maximum absolute atomic E-state index is 13.4. The van der Waals surface area contributed by atoms with E-state index in [0.717, 1.165) is 17.9 Å². The lowest BCUT2D eigenvalue weighted by atomic mass is 10.2. The van der Waals surface area contributed by atoms with Crippen molar-refractivity contribution in [2.24, 2.45) is 0 Å². The highest BCUT2D eigenvalue weighted by Gasteiger charge is 2.01. The smallest absolute Gasteiger partial charge is 0.128 e. The van der Waals surface area contributed by atoms with Crippen LogP contribution < -0.4 is 10.6 Å². The summed E-state index contributed by atoms with van der Waals surface area (Å²) in [6, 6.07) is 7.01. The molecular weight excluding hydrogens is 229 g/mol. The Balaban J connectivity index is 2.17. The summed E-state index contributed by atoms with van der Waals surface area (Å²) in [4.78, 5) is 4.12. The molecule has 0 aliphatic carbocycles. The Morgan fingerprint density at radius 2 is 1.89 bits per heavy atom. The van der Waals surface area contributed by atoms with Gasteiger partial charge in [-0.3, -0.25) is 4.98 Å². The third-order valence-corrected chi connectivity index (χ3v) is 2.58. The van der Waals surface area contributed by atoms with Crippen LogP contribution >= 0.6 is 0 Å². The fraction of sp³-hybridized carbons (Fsp3) is 0.214. The van der Waals surface area contributed by atoms with Crippen LogP contribution in [0.3, 0.4) is 0 Å². The van der Waals surface area contributed by atoms with Gasteiger partial charge < -0.3 is 10.6 Å². The van der Waals surface area contributed by atoms with E-state index in [1.165, 1.54) is 6.07 Å². The fourth-order valence-corrected chi connectivity index (χ4v) is 1.65. The topological polar surface area (TPSA) is 37.0 Å². The molecule has 0 aliphatic rings. The first-order chi connectivity index (χ1) is 8.69. The van der Waals surface area contributed by atoms with Crippen LogP contribution in [0.1, 0.15) is 12.5 Å². The monoisotopic (exact) mass is 245 g/mol. The molecule has 1 aromatic heterocycles. The summed E-state index contributed by atoms with van der Waals surface area (Å²) in [6.45, 7) is 4.60. The van der Waals surface area contributed by atoms with Crippen LogP contribution in [0.4, 0.5) is 21.5 Å². The van der Waals surface area contributed by atoms with Gasteiger partial charge in [0.15, 0.2) is 0 Å². The average Bonchev–Trinajstić information content (AvgIpc) is 2.35. The second-order valence-electron chi connectivity index (χ2n) is 4.08. The van der Waals surface area contributed by atoms with Crippen LogP contribution in [0, 0.1) is 12.7 Å². The minimum absolute atomic E-state index is 0.212. The van der Waals surface area contributed by atoms with Crippen LogP contribution in [-0.2, 0) is 0 Å². The van der Waals surface area contributed by atoms with Gasteiger partial charge >= 0.3 is 0 Å². The molecule has 1 heterocycles. The number of halogens is 1. The van der Waals surface area contributed by atoms with Gasteiger partial charge in [-0.15, -0.1) is 0 Å². The zero-order valence-corrected chi connectivity index (χ0v) is 10.5. The molecule has 0 aliphatic heterocycles. The molecule has 0 atom stereocenters. The van der Waals surface area contributed by atoms with Crippen molar-refractivity contribution in [3.63, 3.8) is 0 Å². The summed E-state index contributed by atoms with van der Waals surface area (Å²) in [5.74, 6) is -0.212. The number of aryl methyl sites for hydroxylation is 1. The molecule has 2 rings (SSSR count). The number of anilines is 3. The minimum Gasteiger partial charge on any atom is -0.384 e. The highest BCUT2D eigenvalue weighted by Crippen LogP contribution is 2.20. The number of nitrogens with zero attached hydrogens (tertiary/aromatic N) is 1. The van der Waals surface area contributed by atoms with Gasteiger partial charge in [0.2, 0.25) is 0 Å². The molecule has 2 N–H and O–H groups in total. The van der Waals surface area contributed by atoms with Crippen molar-refractivity contribution in [2.45, 2.75) is 13.8 Å². The molecule has 0 spiro atoms. The van der Waals surface area contributed by atoms with Gasteiger partial charge in [0, 0.05) is 12.2 Å². The first-order valence-corrected chi connectivity index (χ1v) is 5.91. The van der Waals surface area contributed by atoms with Crippen LogP contribution in [-0.4, -0.2) is 11.5 Å². The van der Waals surface area contributed by atoms with Gasteiger partial charge in [-0.2, -0.15) is 0 Å². The summed E-state index contributed by atoms with van der Waals surface area (Å²) >= 11 is 0. The molecule has 94 valence electrons. The van der Waals surface area contributed by atoms with E-state index < -0.39 is 0 Å². The average molecular weight is 245 g/mol. The van der Waals surface area contributed by atoms with Gasteiger partial charge in [-0.05, 0) is 37.6 Å². The predicted octanol–water partition coefficient (Wildman–Crippen LogP) is 3.70. The van der Waals surface area contributed by atoms with Crippen LogP contribution in [0.15, 0.2) is 36.7 Å². The van der Waals surface area contributed by atoms with Crippen molar-refractivity contribution < 1.29 is 4.39 Å². The highest BCUT2D eigenvalue weighted by molar-refractivity contribution is 5.63. The first kappa shape index (κ1) is 12.4. The van der Waals surface area contributed by atoms with E-state index in [0.29, 0.717) is 11.3 Å². The molecule has 0 bridgehead atoms. The standard InChI is InChI=1S/C14H16FN3/c1-3-17-12-6-13(9-16-8-12)18-11-5-4-10(2)14(15)7-11/h4-9,17-18H,3H2,1-2H3. The Hall–Kier alpha value is -2.10. The number of rotatable bonds is 4. The molecule has 0 amide bonds. The molecule has 0 unspecified atom stereocenters.